The first-order chi connectivity index (χ1) is 14.5. The molecule has 2 heterocycles. The molecule has 1 aromatic carbocycles. The van der Waals surface area contributed by atoms with Gasteiger partial charge in [0.15, 0.2) is 0 Å². The highest BCUT2D eigenvalue weighted by Gasteiger charge is 2.31. The smallest absolute Gasteiger partial charge is 0.270 e. The van der Waals surface area contributed by atoms with Gasteiger partial charge >= 0.3 is 0 Å². The van der Waals surface area contributed by atoms with Crippen LogP contribution in [-0.2, 0) is 24.8 Å². The van der Waals surface area contributed by atoms with E-state index < -0.39 is 25.0 Å². The summed E-state index contributed by atoms with van der Waals surface area (Å²) in [5.74, 6) is -0.122. The Kier molecular flexibility index (Phi) is 6.95. The molecule has 2 aliphatic rings. The van der Waals surface area contributed by atoms with Crippen LogP contribution in [0.4, 0.5) is 5.69 Å². The first-order valence-electron chi connectivity index (χ1n) is 9.68. The third kappa shape index (κ3) is 5.57. The van der Waals surface area contributed by atoms with Crippen molar-refractivity contribution in [2.45, 2.75) is 4.90 Å². The lowest BCUT2D eigenvalue weighted by Gasteiger charge is -2.37. The predicted molar refractivity (Wildman–Crippen MR) is 111 cm³/mol. The van der Waals surface area contributed by atoms with Crippen molar-refractivity contribution >= 4 is 31.6 Å². The predicted octanol–water partition coefficient (Wildman–Crippen LogP) is -0.995. The molecule has 3 rings (SSSR count). The molecule has 0 unspecified atom stereocenters. The Balaban J connectivity index is 1.53. The molecule has 2 aliphatic heterocycles. The Morgan fingerprint density at radius 2 is 1.55 bits per heavy atom. The van der Waals surface area contributed by atoms with Crippen molar-refractivity contribution in [3.63, 3.8) is 0 Å². The highest BCUT2D eigenvalue weighted by atomic mass is 32.2. The van der Waals surface area contributed by atoms with Gasteiger partial charge in [-0.3, -0.25) is 19.8 Å². The molecule has 0 spiro atoms. The zero-order valence-corrected chi connectivity index (χ0v) is 18.7. The van der Waals surface area contributed by atoms with Crippen molar-refractivity contribution in [3.8, 4) is 0 Å². The Bertz CT molecular complexity index is 1040. The normalized spacial score (nSPS) is 20.0. The lowest BCUT2D eigenvalue weighted by molar-refractivity contribution is -0.385. The third-order valence-corrected chi connectivity index (χ3v) is 8.61. The van der Waals surface area contributed by atoms with Crippen LogP contribution in [0.2, 0.25) is 0 Å². The third-order valence-electron chi connectivity index (χ3n) is 5.42. The summed E-state index contributed by atoms with van der Waals surface area (Å²) in [6.45, 7) is 2.34. The molecule has 2 saturated heterocycles. The van der Waals surface area contributed by atoms with Crippen LogP contribution < -0.4 is 0 Å². The van der Waals surface area contributed by atoms with E-state index in [1.54, 1.807) is 4.90 Å². The molecule has 0 aliphatic carbocycles. The van der Waals surface area contributed by atoms with Crippen LogP contribution in [0, 0.1) is 10.1 Å². The standard InChI is InChI=1S/C17H25N5O7S2/c1-30(26,27)20-11-7-19(8-12-20)17(23)14-18-5-9-21(10-6-18)31(28,29)16-4-2-3-15(13-16)22(24)25/h2-4,13H,5-12,14H2,1H3. The summed E-state index contributed by atoms with van der Waals surface area (Å²) in [6, 6.07) is 4.94. The SMILES string of the molecule is CS(=O)(=O)N1CCN(C(=O)CN2CCN(S(=O)(=O)c3cccc([N+](=O)[O-])c3)CC2)CC1. The number of carbonyl (C=O) groups is 1. The largest absolute Gasteiger partial charge is 0.339 e. The molecule has 1 aromatic rings. The van der Waals surface area contributed by atoms with Crippen LogP contribution in [-0.4, -0.2) is 111 Å². The summed E-state index contributed by atoms with van der Waals surface area (Å²) in [5, 5.41) is 10.9. The molecule has 0 atom stereocenters. The number of hydrogen-bond donors (Lipinski definition) is 0. The van der Waals surface area contributed by atoms with Crippen molar-refractivity contribution in [1.29, 1.82) is 0 Å². The molecule has 12 nitrogen and oxygen atoms in total. The first-order valence-corrected chi connectivity index (χ1v) is 13.0. The number of carbonyl (C=O) groups excluding carboxylic acids is 1. The summed E-state index contributed by atoms with van der Waals surface area (Å²) in [6.07, 6.45) is 1.14. The zero-order chi connectivity index (χ0) is 22.8. The van der Waals surface area contributed by atoms with Crippen LogP contribution in [0.3, 0.4) is 0 Å². The van der Waals surface area contributed by atoms with E-state index in [1.807, 2.05) is 4.90 Å². The van der Waals surface area contributed by atoms with E-state index >= 15 is 0 Å². The molecule has 1 amide bonds. The van der Waals surface area contributed by atoms with Gasteiger partial charge < -0.3 is 4.90 Å². The fraction of sp³-hybridized carbons (Fsp3) is 0.588. The average molecular weight is 476 g/mol. The van der Waals surface area contributed by atoms with Crippen LogP contribution in [0.25, 0.3) is 0 Å². The Hall–Kier alpha value is -2.13. The number of benzene rings is 1. The van der Waals surface area contributed by atoms with Gasteiger partial charge in [0.05, 0.1) is 22.6 Å². The van der Waals surface area contributed by atoms with Gasteiger partial charge in [-0.15, -0.1) is 0 Å². The maximum absolute atomic E-state index is 12.8. The van der Waals surface area contributed by atoms with Crippen molar-refractivity contribution in [3.05, 3.63) is 34.4 Å². The average Bonchev–Trinajstić information content (AvgIpc) is 2.73. The van der Waals surface area contributed by atoms with E-state index in [0.717, 1.165) is 12.3 Å². The monoisotopic (exact) mass is 475 g/mol. The van der Waals surface area contributed by atoms with E-state index in [0.29, 0.717) is 26.2 Å². The molecule has 0 aromatic heterocycles. The fourth-order valence-corrected chi connectivity index (χ4v) is 5.88. The van der Waals surface area contributed by atoms with Crippen molar-refractivity contribution in [2.24, 2.45) is 0 Å². The van der Waals surface area contributed by atoms with E-state index in [9.17, 15) is 31.7 Å². The van der Waals surface area contributed by atoms with Crippen LogP contribution in [0.1, 0.15) is 0 Å². The Morgan fingerprint density at radius 1 is 0.968 bits per heavy atom. The number of non-ortho nitro benzene ring substituents is 1. The molecule has 0 bridgehead atoms. The molecule has 31 heavy (non-hydrogen) atoms. The molecule has 2 fully saturated rings. The second kappa shape index (κ2) is 9.16. The summed E-state index contributed by atoms with van der Waals surface area (Å²) < 4.78 is 51.4. The summed E-state index contributed by atoms with van der Waals surface area (Å²) in [7, 11) is -7.13. The number of rotatable bonds is 6. The minimum absolute atomic E-state index is 0.122. The van der Waals surface area contributed by atoms with Crippen molar-refractivity contribution < 1.29 is 26.6 Å². The number of piperazine rings is 2. The van der Waals surface area contributed by atoms with Gasteiger partial charge in [0.1, 0.15) is 0 Å². The van der Waals surface area contributed by atoms with Gasteiger partial charge in [0.25, 0.3) is 5.69 Å². The molecule has 172 valence electrons. The first kappa shape index (κ1) is 23.5. The van der Waals surface area contributed by atoms with E-state index in [2.05, 4.69) is 0 Å². The quantitative estimate of drug-likeness (QED) is 0.377. The van der Waals surface area contributed by atoms with E-state index in [4.69, 9.17) is 0 Å². The van der Waals surface area contributed by atoms with Crippen molar-refractivity contribution in [2.75, 3.05) is 65.2 Å². The molecule has 14 heteroatoms. The lowest BCUT2D eigenvalue weighted by Crippen LogP contribution is -2.54. The number of nitro groups is 1. The number of sulfonamides is 2. The molecular formula is C17H25N5O7S2. The van der Waals surface area contributed by atoms with Gasteiger partial charge in [-0.2, -0.15) is 8.61 Å². The number of amides is 1. The fourth-order valence-electron chi connectivity index (χ4n) is 3.60. The van der Waals surface area contributed by atoms with Crippen molar-refractivity contribution in [1.82, 2.24) is 18.4 Å². The maximum Gasteiger partial charge on any atom is 0.270 e. The van der Waals surface area contributed by atoms with Crippen LogP contribution in [0.15, 0.2) is 29.2 Å². The van der Waals surface area contributed by atoms with E-state index in [-0.39, 0.29) is 49.2 Å². The van der Waals surface area contributed by atoms with Crippen LogP contribution in [0.5, 0.6) is 0 Å². The Labute approximate surface area is 181 Å². The maximum atomic E-state index is 12.8. The number of nitro benzene ring substituents is 1. The van der Waals surface area contributed by atoms with Gasteiger partial charge in [-0.25, -0.2) is 16.8 Å². The Morgan fingerprint density at radius 3 is 2.10 bits per heavy atom. The number of nitrogens with zero attached hydrogens (tertiary/aromatic N) is 5. The van der Waals surface area contributed by atoms with Gasteiger partial charge in [0, 0.05) is 64.5 Å². The summed E-state index contributed by atoms with van der Waals surface area (Å²) in [4.78, 5) is 26.2. The second-order valence-corrected chi connectivity index (χ2v) is 11.4. The zero-order valence-electron chi connectivity index (χ0n) is 17.1. The molecule has 0 N–H and O–H groups in total. The summed E-state index contributed by atoms with van der Waals surface area (Å²) >= 11 is 0. The van der Waals surface area contributed by atoms with Gasteiger partial charge in [-0.05, 0) is 6.07 Å². The highest BCUT2D eigenvalue weighted by Crippen LogP contribution is 2.22. The summed E-state index contributed by atoms with van der Waals surface area (Å²) in [5.41, 5.74) is -0.290. The highest BCUT2D eigenvalue weighted by molar-refractivity contribution is 7.89. The van der Waals surface area contributed by atoms with Gasteiger partial charge in [-0.1, -0.05) is 6.07 Å². The molecular weight excluding hydrogens is 450 g/mol. The minimum Gasteiger partial charge on any atom is -0.339 e. The second-order valence-electron chi connectivity index (χ2n) is 7.48. The number of hydrogen-bond acceptors (Lipinski definition) is 8. The van der Waals surface area contributed by atoms with E-state index in [1.165, 1.54) is 26.8 Å². The minimum atomic E-state index is -3.87. The van der Waals surface area contributed by atoms with Crippen LogP contribution >= 0.6 is 0 Å². The topological polar surface area (TPSA) is 141 Å². The molecule has 0 saturated carbocycles. The van der Waals surface area contributed by atoms with Gasteiger partial charge in [0.2, 0.25) is 26.0 Å². The molecule has 0 radical (unpaired) electrons. The lowest BCUT2D eigenvalue weighted by atomic mass is 10.3.